The van der Waals surface area contributed by atoms with Crippen molar-refractivity contribution in [1.29, 1.82) is 0 Å². The summed E-state index contributed by atoms with van der Waals surface area (Å²) < 4.78 is 5.17. The SMILES string of the molecule is CC(C)CCNC(=O)c1cnc(N2CCN(C(=O)c3ccco3)CC2)nc1. The number of carbonyl (C=O) groups is 2. The average Bonchev–Trinajstić information content (AvgIpc) is 3.22. The summed E-state index contributed by atoms with van der Waals surface area (Å²) in [7, 11) is 0. The quantitative estimate of drug-likeness (QED) is 0.833. The van der Waals surface area contributed by atoms with E-state index in [1.807, 2.05) is 4.90 Å². The molecule has 2 aromatic rings. The molecule has 2 amide bonds. The lowest BCUT2D eigenvalue weighted by molar-refractivity contribution is 0.0714. The van der Waals surface area contributed by atoms with Gasteiger partial charge in [-0.15, -0.1) is 0 Å². The molecule has 0 radical (unpaired) electrons. The summed E-state index contributed by atoms with van der Waals surface area (Å²) in [5.41, 5.74) is 0.453. The van der Waals surface area contributed by atoms with Crippen molar-refractivity contribution in [2.24, 2.45) is 5.92 Å². The fourth-order valence-corrected chi connectivity index (χ4v) is 2.84. The monoisotopic (exact) mass is 371 g/mol. The van der Waals surface area contributed by atoms with E-state index in [0.29, 0.717) is 55.9 Å². The number of hydrogen-bond donors (Lipinski definition) is 1. The summed E-state index contributed by atoms with van der Waals surface area (Å²) in [5, 5.41) is 2.88. The molecule has 0 atom stereocenters. The largest absolute Gasteiger partial charge is 0.459 e. The number of carbonyl (C=O) groups excluding carboxylic acids is 2. The highest BCUT2D eigenvalue weighted by atomic mass is 16.3. The average molecular weight is 371 g/mol. The van der Waals surface area contributed by atoms with Crippen LogP contribution in [-0.4, -0.2) is 59.4 Å². The molecule has 1 N–H and O–H groups in total. The van der Waals surface area contributed by atoms with Crippen molar-refractivity contribution < 1.29 is 14.0 Å². The van der Waals surface area contributed by atoms with Crippen molar-refractivity contribution >= 4 is 17.8 Å². The maximum Gasteiger partial charge on any atom is 0.289 e. The Morgan fingerprint density at radius 2 is 1.89 bits per heavy atom. The second kappa shape index (κ2) is 8.66. The van der Waals surface area contributed by atoms with Gasteiger partial charge in [0.1, 0.15) is 0 Å². The van der Waals surface area contributed by atoms with E-state index in [-0.39, 0.29) is 11.8 Å². The highest BCUT2D eigenvalue weighted by Crippen LogP contribution is 2.13. The smallest absolute Gasteiger partial charge is 0.289 e. The zero-order valence-corrected chi connectivity index (χ0v) is 15.7. The number of amides is 2. The molecule has 27 heavy (non-hydrogen) atoms. The first-order chi connectivity index (χ1) is 13.0. The van der Waals surface area contributed by atoms with Gasteiger partial charge in [-0.1, -0.05) is 13.8 Å². The molecular weight excluding hydrogens is 346 g/mol. The number of nitrogens with zero attached hydrogens (tertiary/aromatic N) is 4. The highest BCUT2D eigenvalue weighted by molar-refractivity contribution is 5.93. The van der Waals surface area contributed by atoms with Crippen LogP contribution < -0.4 is 10.2 Å². The number of hydrogen-bond acceptors (Lipinski definition) is 6. The van der Waals surface area contributed by atoms with Crippen molar-refractivity contribution in [2.75, 3.05) is 37.6 Å². The molecule has 0 aliphatic carbocycles. The Hall–Kier alpha value is -2.90. The van der Waals surface area contributed by atoms with E-state index in [1.165, 1.54) is 6.26 Å². The van der Waals surface area contributed by atoms with Gasteiger partial charge in [0.2, 0.25) is 5.95 Å². The first-order valence-electron chi connectivity index (χ1n) is 9.22. The van der Waals surface area contributed by atoms with Gasteiger partial charge in [-0.25, -0.2) is 9.97 Å². The van der Waals surface area contributed by atoms with Gasteiger partial charge in [0.25, 0.3) is 11.8 Å². The standard InChI is InChI=1S/C19H25N5O3/c1-14(2)5-6-20-17(25)15-12-21-19(22-13-15)24-9-7-23(8-10-24)18(26)16-4-3-11-27-16/h3-4,11-14H,5-10H2,1-2H3,(H,20,25). The van der Waals surface area contributed by atoms with Gasteiger partial charge in [-0.05, 0) is 24.5 Å². The van der Waals surface area contributed by atoms with Crippen molar-refractivity contribution in [3.05, 3.63) is 42.1 Å². The Kier molecular flexibility index (Phi) is 6.05. The Labute approximate surface area is 158 Å². The number of rotatable bonds is 6. The molecule has 1 aliphatic rings. The van der Waals surface area contributed by atoms with E-state index >= 15 is 0 Å². The van der Waals surface area contributed by atoms with Crippen LogP contribution >= 0.6 is 0 Å². The van der Waals surface area contributed by atoms with Gasteiger partial charge in [-0.2, -0.15) is 0 Å². The molecule has 144 valence electrons. The second-order valence-corrected chi connectivity index (χ2v) is 6.97. The summed E-state index contributed by atoms with van der Waals surface area (Å²) in [6, 6.07) is 3.38. The Bertz CT molecular complexity index is 750. The van der Waals surface area contributed by atoms with Gasteiger partial charge >= 0.3 is 0 Å². The Morgan fingerprint density at radius 3 is 2.48 bits per heavy atom. The van der Waals surface area contributed by atoms with Gasteiger partial charge in [0, 0.05) is 45.1 Å². The van der Waals surface area contributed by atoms with Crippen molar-refractivity contribution in [3.8, 4) is 0 Å². The first kappa shape index (κ1) is 18.9. The molecule has 2 aromatic heterocycles. The third kappa shape index (κ3) is 4.84. The van der Waals surface area contributed by atoms with Crippen LogP contribution in [0.25, 0.3) is 0 Å². The molecule has 0 spiro atoms. The van der Waals surface area contributed by atoms with Crippen molar-refractivity contribution in [2.45, 2.75) is 20.3 Å². The topological polar surface area (TPSA) is 91.6 Å². The summed E-state index contributed by atoms with van der Waals surface area (Å²) in [6.45, 7) is 7.28. The maximum atomic E-state index is 12.3. The summed E-state index contributed by atoms with van der Waals surface area (Å²) in [6.07, 6.45) is 5.53. The second-order valence-electron chi connectivity index (χ2n) is 6.97. The van der Waals surface area contributed by atoms with Crippen molar-refractivity contribution in [1.82, 2.24) is 20.2 Å². The number of furan rings is 1. The predicted molar refractivity (Wildman–Crippen MR) is 101 cm³/mol. The van der Waals surface area contributed by atoms with Crippen LogP contribution in [0.3, 0.4) is 0 Å². The third-order valence-corrected chi connectivity index (χ3v) is 4.49. The number of anilines is 1. The van der Waals surface area contributed by atoms with Crippen LogP contribution in [0.1, 0.15) is 41.2 Å². The van der Waals surface area contributed by atoms with Crippen molar-refractivity contribution in [3.63, 3.8) is 0 Å². The molecule has 1 fully saturated rings. The Morgan fingerprint density at radius 1 is 1.19 bits per heavy atom. The van der Waals surface area contributed by atoms with E-state index in [9.17, 15) is 9.59 Å². The molecule has 3 heterocycles. The van der Waals surface area contributed by atoms with Gasteiger partial charge < -0.3 is 19.5 Å². The summed E-state index contributed by atoms with van der Waals surface area (Å²) in [5.74, 6) is 1.21. The van der Waals surface area contributed by atoms with Crippen LogP contribution in [0.2, 0.25) is 0 Å². The van der Waals surface area contributed by atoms with Crippen LogP contribution in [0.5, 0.6) is 0 Å². The zero-order chi connectivity index (χ0) is 19.2. The molecule has 0 bridgehead atoms. The number of aromatic nitrogens is 2. The molecule has 0 aromatic carbocycles. The van der Waals surface area contributed by atoms with Crippen LogP contribution in [-0.2, 0) is 0 Å². The normalized spacial score (nSPS) is 14.5. The minimum atomic E-state index is -0.156. The van der Waals surface area contributed by atoms with E-state index in [0.717, 1.165) is 6.42 Å². The van der Waals surface area contributed by atoms with E-state index in [4.69, 9.17) is 4.42 Å². The highest BCUT2D eigenvalue weighted by Gasteiger charge is 2.24. The minimum Gasteiger partial charge on any atom is -0.459 e. The summed E-state index contributed by atoms with van der Waals surface area (Å²) in [4.78, 5) is 36.8. The minimum absolute atomic E-state index is 0.103. The Balaban J connectivity index is 1.51. The molecule has 8 nitrogen and oxygen atoms in total. The fourth-order valence-electron chi connectivity index (χ4n) is 2.84. The van der Waals surface area contributed by atoms with E-state index in [2.05, 4.69) is 29.1 Å². The molecule has 0 unspecified atom stereocenters. The van der Waals surface area contributed by atoms with Gasteiger partial charge in [0.05, 0.1) is 11.8 Å². The van der Waals surface area contributed by atoms with Gasteiger partial charge in [-0.3, -0.25) is 9.59 Å². The molecule has 1 aliphatic heterocycles. The molecular formula is C19H25N5O3. The number of piperazine rings is 1. The lowest BCUT2D eigenvalue weighted by atomic mass is 10.1. The first-order valence-corrected chi connectivity index (χ1v) is 9.22. The van der Waals surface area contributed by atoms with E-state index in [1.54, 1.807) is 29.4 Å². The van der Waals surface area contributed by atoms with Crippen LogP contribution in [0, 0.1) is 5.92 Å². The lowest BCUT2D eigenvalue weighted by Gasteiger charge is -2.34. The van der Waals surface area contributed by atoms with Crippen LogP contribution in [0.4, 0.5) is 5.95 Å². The van der Waals surface area contributed by atoms with Crippen LogP contribution in [0.15, 0.2) is 35.2 Å². The maximum absolute atomic E-state index is 12.3. The zero-order valence-electron chi connectivity index (χ0n) is 15.7. The third-order valence-electron chi connectivity index (χ3n) is 4.49. The predicted octanol–water partition coefficient (Wildman–Crippen LogP) is 1.81. The fraction of sp³-hybridized carbons (Fsp3) is 0.474. The lowest BCUT2D eigenvalue weighted by Crippen LogP contribution is -2.49. The molecule has 1 saturated heterocycles. The molecule has 3 rings (SSSR count). The molecule has 8 heteroatoms. The number of nitrogens with one attached hydrogen (secondary N) is 1. The molecule has 0 saturated carbocycles. The van der Waals surface area contributed by atoms with Gasteiger partial charge in [0.15, 0.2) is 5.76 Å². The van der Waals surface area contributed by atoms with E-state index < -0.39 is 0 Å². The summed E-state index contributed by atoms with van der Waals surface area (Å²) >= 11 is 0.